The van der Waals surface area contributed by atoms with E-state index in [4.69, 9.17) is 17.3 Å². The minimum absolute atomic E-state index is 0.00394. The van der Waals surface area contributed by atoms with Crippen LogP contribution in [-0.2, 0) is 6.42 Å². The molecule has 0 aliphatic carbocycles. The fraction of sp³-hybridized carbons (Fsp3) is 0.167. The Morgan fingerprint density at radius 2 is 2.19 bits per heavy atom. The third-order valence-corrected chi connectivity index (χ3v) is 4.27. The summed E-state index contributed by atoms with van der Waals surface area (Å²) in [6, 6.07) is 9.84. The molecule has 0 spiro atoms. The Balaban J connectivity index is 2.11. The Morgan fingerprint density at radius 1 is 1.38 bits per heavy atom. The molecule has 0 saturated heterocycles. The van der Waals surface area contributed by atoms with Crippen LogP contribution in [0.4, 0.5) is 0 Å². The van der Waals surface area contributed by atoms with Crippen LogP contribution in [0.25, 0.3) is 0 Å². The van der Waals surface area contributed by atoms with Gasteiger partial charge in [0.15, 0.2) is 0 Å². The van der Waals surface area contributed by atoms with Crippen LogP contribution in [0.1, 0.15) is 16.5 Å². The van der Waals surface area contributed by atoms with Crippen molar-refractivity contribution >= 4 is 38.9 Å². The maximum atomic E-state index is 6.14. The van der Waals surface area contributed by atoms with Gasteiger partial charge < -0.3 is 5.73 Å². The summed E-state index contributed by atoms with van der Waals surface area (Å²) in [5.74, 6) is 0. The Kier molecular flexibility index (Phi) is 4.03. The van der Waals surface area contributed by atoms with Crippen molar-refractivity contribution in [2.75, 3.05) is 0 Å². The van der Waals surface area contributed by atoms with E-state index in [0.29, 0.717) is 0 Å². The highest BCUT2D eigenvalue weighted by molar-refractivity contribution is 9.10. The number of benzene rings is 1. The molecule has 0 aliphatic heterocycles. The highest BCUT2D eigenvalue weighted by atomic mass is 79.9. The Bertz CT molecular complexity index is 483. The number of thiophene rings is 1. The first-order valence-electron chi connectivity index (χ1n) is 4.89. The van der Waals surface area contributed by atoms with Gasteiger partial charge in [0.1, 0.15) is 0 Å². The van der Waals surface area contributed by atoms with Crippen LogP contribution in [0.3, 0.4) is 0 Å². The van der Waals surface area contributed by atoms with Crippen molar-refractivity contribution in [2.45, 2.75) is 12.5 Å². The molecule has 1 aromatic heterocycles. The number of rotatable bonds is 3. The smallest absolute Gasteiger partial charge is 0.0409 e. The number of hydrogen-bond donors (Lipinski definition) is 1. The van der Waals surface area contributed by atoms with E-state index in [9.17, 15) is 0 Å². The second-order valence-corrected chi connectivity index (χ2v) is 5.94. The predicted octanol–water partition coefficient (Wildman–Crippen LogP) is 4.41. The molecule has 4 heteroatoms. The average Bonchev–Trinajstić information content (AvgIpc) is 2.64. The normalized spacial score (nSPS) is 12.7. The molecule has 0 amide bonds. The van der Waals surface area contributed by atoms with E-state index in [1.807, 2.05) is 24.3 Å². The monoisotopic (exact) mass is 315 g/mol. The first kappa shape index (κ1) is 12.1. The summed E-state index contributed by atoms with van der Waals surface area (Å²) in [6.07, 6.45) is 0.844. The topological polar surface area (TPSA) is 26.0 Å². The predicted molar refractivity (Wildman–Crippen MR) is 74.1 cm³/mol. The van der Waals surface area contributed by atoms with Gasteiger partial charge in [-0.05, 0) is 39.7 Å². The lowest BCUT2D eigenvalue weighted by Gasteiger charge is -2.10. The summed E-state index contributed by atoms with van der Waals surface area (Å²) < 4.78 is 1.12. The van der Waals surface area contributed by atoms with E-state index in [1.165, 1.54) is 4.88 Å². The maximum Gasteiger partial charge on any atom is 0.0409 e. The van der Waals surface area contributed by atoms with Crippen LogP contribution in [-0.4, -0.2) is 0 Å². The molecule has 0 fully saturated rings. The molecule has 1 aromatic carbocycles. The van der Waals surface area contributed by atoms with Crippen molar-refractivity contribution in [2.24, 2.45) is 5.73 Å². The van der Waals surface area contributed by atoms with E-state index in [0.717, 1.165) is 21.5 Å². The van der Waals surface area contributed by atoms with Crippen molar-refractivity contribution < 1.29 is 0 Å². The minimum atomic E-state index is 0.00394. The second-order valence-electron chi connectivity index (χ2n) is 3.60. The first-order valence-corrected chi connectivity index (χ1v) is 6.94. The quantitative estimate of drug-likeness (QED) is 0.892. The van der Waals surface area contributed by atoms with Gasteiger partial charge in [0.05, 0.1) is 0 Å². The summed E-state index contributed by atoms with van der Waals surface area (Å²) in [6.45, 7) is 0. The van der Waals surface area contributed by atoms with Gasteiger partial charge in [-0.2, -0.15) is 0 Å². The highest BCUT2D eigenvalue weighted by Gasteiger charge is 2.08. The molecular formula is C12H11BrClNS. The molecule has 2 rings (SSSR count). The largest absolute Gasteiger partial charge is 0.324 e. The van der Waals surface area contributed by atoms with Crippen LogP contribution >= 0.6 is 38.9 Å². The van der Waals surface area contributed by atoms with Crippen LogP contribution in [0, 0.1) is 0 Å². The third-order valence-electron chi connectivity index (χ3n) is 2.32. The number of nitrogens with two attached hydrogens (primary N) is 1. The Labute approximate surface area is 112 Å². The van der Waals surface area contributed by atoms with Crippen molar-refractivity contribution in [1.82, 2.24) is 0 Å². The minimum Gasteiger partial charge on any atom is -0.324 e. The summed E-state index contributed by atoms with van der Waals surface area (Å²) in [5.41, 5.74) is 7.22. The van der Waals surface area contributed by atoms with Gasteiger partial charge in [0.2, 0.25) is 0 Å². The van der Waals surface area contributed by atoms with Gasteiger partial charge in [0.25, 0.3) is 0 Å². The van der Waals surface area contributed by atoms with Crippen molar-refractivity contribution in [3.05, 3.63) is 55.6 Å². The molecule has 1 unspecified atom stereocenters. The highest BCUT2D eigenvalue weighted by Crippen LogP contribution is 2.25. The molecule has 0 aliphatic rings. The van der Waals surface area contributed by atoms with Crippen LogP contribution in [0.5, 0.6) is 0 Å². The third kappa shape index (κ3) is 3.08. The molecule has 84 valence electrons. The lowest BCUT2D eigenvalue weighted by atomic mass is 10.0. The fourth-order valence-electron chi connectivity index (χ4n) is 1.53. The molecule has 2 aromatic rings. The number of hydrogen-bond acceptors (Lipinski definition) is 2. The standard InChI is InChI=1S/C12H11BrClNS/c13-9-5-11(16-7-9)6-12(15)8-2-1-3-10(14)4-8/h1-5,7,12H,6,15H2. The van der Waals surface area contributed by atoms with Gasteiger partial charge in [-0.15, -0.1) is 11.3 Å². The SMILES string of the molecule is NC(Cc1cc(Br)cs1)c1cccc(Cl)c1. The summed E-state index contributed by atoms with van der Waals surface area (Å²) in [7, 11) is 0. The van der Waals surface area contributed by atoms with Crippen molar-refractivity contribution in [3.63, 3.8) is 0 Å². The van der Waals surface area contributed by atoms with Gasteiger partial charge in [-0.3, -0.25) is 0 Å². The van der Waals surface area contributed by atoms with E-state index in [1.54, 1.807) is 11.3 Å². The lowest BCUT2D eigenvalue weighted by molar-refractivity contribution is 0.730. The van der Waals surface area contributed by atoms with Crippen LogP contribution < -0.4 is 5.73 Å². The van der Waals surface area contributed by atoms with Gasteiger partial charge >= 0.3 is 0 Å². The van der Waals surface area contributed by atoms with Crippen molar-refractivity contribution in [1.29, 1.82) is 0 Å². The lowest BCUT2D eigenvalue weighted by Crippen LogP contribution is -2.12. The van der Waals surface area contributed by atoms with E-state index >= 15 is 0 Å². The molecule has 16 heavy (non-hydrogen) atoms. The fourth-order valence-corrected chi connectivity index (χ4v) is 3.24. The summed E-state index contributed by atoms with van der Waals surface area (Å²) in [4.78, 5) is 1.28. The second kappa shape index (κ2) is 5.32. The zero-order valence-corrected chi connectivity index (χ0v) is 11.6. The van der Waals surface area contributed by atoms with E-state index < -0.39 is 0 Å². The molecule has 1 atom stereocenters. The first-order chi connectivity index (χ1) is 7.65. The molecule has 0 radical (unpaired) electrons. The summed E-state index contributed by atoms with van der Waals surface area (Å²) in [5, 5.41) is 2.81. The molecule has 0 bridgehead atoms. The van der Waals surface area contributed by atoms with E-state index in [2.05, 4.69) is 27.4 Å². The Morgan fingerprint density at radius 3 is 2.81 bits per heavy atom. The van der Waals surface area contributed by atoms with Crippen molar-refractivity contribution in [3.8, 4) is 0 Å². The molecular weight excluding hydrogens is 306 g/mol. The van der Waals surface area contributed by atoms with Gasteiger partial charge in [-0.25, -0.2) is 0 Å². The zero-order valence-electron chi connectivity index (χ0n) is 8.49. The molecule has 0 saturated carbocycles. The van der Waals surface area contributed by atoms with Crippen LogP contribution in [0.15, 0.2) is 40.2 Å². The molecule has 1 nitrogen and oxygen atoms in total. The van der Waals surface area contributed by atoms with Gasteiger partial charge in [-0.1, -0.05) is 23.7 Å². The Hall–Kier alpha value is -0.350. The zero-order chi connectivity index (χ0) is 11.5. The number of halogens is 2. The average molecular weight is 317 g/mol. The maximum absolute atomic E-state index is 6.14. The molecule has 2 N–H and O–H groups in total. The van der Waals surface area contributed by atoms with Gasteiger partial charge in [0, 0.05) is 32.2 Å². The van der Waals surface area contributed by atoms with E-state index in [-0.39, 0.29) is 6.04 Å². The van der Waals surface area contributed by atoms with Crippen LogP contribution in [0.2, 0.25) is 5.02 Å². The summed E-state index contributed by atoms with van der Waals surface area (Å²) >= 11 is 11.1. The molecule has 1 heterocycles.